The van der Waals surface area contributed by atoms with Gasteiger partial charge >= 0.3 is 5.97 Å². The van der Waals surface area contributed by atoms with Crippen LogP contribution in [0.5, 0.6) is 5.75 Å². The summed E-state index contributed by atoms with van der Waals surface area (Å²) in [5.41, 5.74) is 13.0. The molecule has 6 nitrogen and oxygen atoms in total. The predicted octanol–water partition coefficient (Wildman–Crippen LogP) is 6.11. The second kappa shape index (κ2) is 12.0. The van der Waals surface area contributed by atoms with Gasteiger partial charge in [-0.3, -0.25) is 0 Å². The minimum Gasteiger partial charge on any atom is -0.493 e. The van der Waals surface area contributed by atoms with Gasteiger partial charge < -0.3 is 25.4 Å². The van der Waals surface area contributed by atoms with Gasteiger partial charge in [0, 0.05) is 17.7 Å². The molecule has 2 aromatic carbocycles. The topological polar surface area (TPSA) is 102 Å². The Balaban J connectivity index is 0.000000784. The van der Waals surface area contributed by atoms with E-state index in [1.54, 1.807) is 6.11 Å². The van der Waals surface area contributed by atoms with Gasteiger partial charge in [0.25, 0.3) is 0 Å². The SMILES string of the molecule is CCC#CO.CCc1c(C)c(-c2ccc3c(c2)CCCO3)c(C(OC(C)(C)C)C(=O)O)c(C)c1N. The van der Waals surface area contributed by atoms with Crippen molar-refractivity contribution >= 4 is 11.7 Å². The molecular formula is C29H39NO5. The molecule has 0 radical (unpaired) electrons. The van der Waals surface area contributed by atoms with Crippen LogP contribution in [-0.2, 0) is 22.4 Å². The zero-order valence-electron chi connectivity index (χ0n) is 22.0. The van der Waals surface area contributed by atoms with Crippen molar-refractivity contribution in [2.75, 3.05) is 12.3 Å². The number of aliphatic carboxylic acids is 1. The highest BCUT2D eigenvalue weighted by atomic mass is 16.5. The van der Waals surface area contributed by atoms with Gasteiger partial charge in [0.1, 0.15) is 11.9 Å². The Morgan fingerprint density at radius 3 is 2.43 bits per heavy atom. The number of aliphatic hydroxyl groups is 1. The minimum atomic E-state index is -1.11. The van der Waals surface area contributed by atoms with Crippen LogP contribution in [0.25, 0.3) is 11.1 Å². The van der Waals surface area contributed by atoms with Crippen LogP contribution in [0, 0.1) is 25.9 Å². The van der Waals surface area contributed by atoms with Crippen molar-refractivity contribution in [3.05, 3.63) is 46.0 Å². The molecule has 1 aliphatic heterocycles. The van der Waals surface area contributed by atoms with E-state index in [0.717, 1.165) is 71.4 Å². The molecule has 0 spiro atoms. The molecule has 6 heteroatoms. The average Bonchev–Trinajstić information content (AvgIpc) is 2.80. The number of carbonyl (C=O) groups is 1. The number of ether oxygens (including phenoxy) is 2. The second-order valence-electron chi connectivity index (χ2n) is 9.65. The van der Waals surface area contributed by atoms with Crippen LogP contribution in [0.15, 0.2) is 18.2 Å². The maximum atomic E-state index is 12.3. The van der Waals surface area contributed by atoms with Crippen molar-refractivity contribution in [3.8, 4) is 28.9 Å². The number of carboxylic acids is 1. The van der Waals surface area contributed by atoms with E-state index < -0.39 is 17.7 Å². The van der Waals surface area contributed by atoms with E-state index in [2.05, 4.69) is 18.9 Å². The fourth-order valence-electron chi connectivity index (χ4n) is 4.45. The van der Waals surface area contributed by atoms with Crippen LogP contribution in [-0.4, -0.2) is 28.4 Å². The summed E-state index contributed by atoms with van der Waals surface area (Å²) < 4.78 is 11.8. The standard InChI is InChI=1S/C25H33NO4.C4H6O/c1-7-18-14(2)20(17-10-11-19-16(13-17)9-8-12-29-19)21(15(3)22(18)26)23(24(27)28)30-25(4,5)6;1-2-3-4-5/h10-11,13,23H,7-9,12,26H2,1-6H3,(H,27,28);5H,2H2,1H3. The van der Waals surface area contributed by atoms with Gasteiger partial charge in [0.2, 0.25) is 0 Å². The fourth-order valence-corrected chi connectivity index (χ4v) is 4.45. The summed E-state index contributed by atoms with van der Waals surface area (Å²) in [7, 11) is 0. The Bertz CT molecular complexity index is 1120. The first-order valence-corrected chi connectivity index (χ1v) is 12.2. The molecule has 1 atom stereocenters. The number of hydrogen-bond donors (Lipinski definition) is 3. The van der Waals surface area contributed by atoms with Crippen LogP contribution in [0.4, 0.5) is 5.69 Å². The van der Waals surface area contributed by atoms with Crippen LogP contribution >= 0.6 is 0 Å². The molecule has 35 heavy (non-hydrogen) atoms. The lowest BCUT2D eigenvalue weighted by Gasteiger charge is -2.30. The van der Waals surface area contributed by atoms with Gasteiger partial charge in [-0.15, -0.1) is 0 Å². The Morgan fingerprint density at radius 1 is 1.23 bits per heavy atom. The number of rotatable bonds is 5. The number of hydrogen-bond acceptors (Lipinski definition) is 5. The van der Waals surface area contributed by atoms with E-state index in [4.69, 9.17) is 20.3 Å². The Labute approximate surface area is 209 Å². The molecule has 1 aliphatic rings. The molecular weight excluding hydrogens is 442 g/mol. The maximum absolute atomic E-state index is 12.3. The van der Waals surface area contributed by atoms with Crippen molar-refractivity contribution in [1.82, 2.24) is 0 Å². The van der Waals surface area contributed by atoms with Gasteiger partial charge in [-0.1, -0.05) is 25.8 Å². The van der Waals surface area contributed by atoms with Crippen molar-refractivity contribution in [2.45, 2.75) is 85.9 Å². The molecule has 1 unspecified atom stereocenters. The number of benzene rings is 2. The summed E-state index contributed by atoms with van der Waals surface area (Å²) in [4.78, 5) is 12.3. The van der Waals surface area contributed by atoms with E-state index in [-0.39, 0.29) is 0 Å². The highest BCUT2D eigenvalue weighted by Gasteiger charge is 2.33. The molecule has 3 rings (SSSR count). The van der Waals surface area contributed by atoms with E-state index in [0.29, 0.717) is 11.3 Å². The lowest BCUT2D eigenvalue weighted by atomic mass is 9.83. The number of carboxylic acid groups (broad SMARTS) is 1. The van der Waals surface area contributed by atoms with Crippen LogP contribution in [0.2, 0.25) is 0 Å². The number of aryl methyl sites for hydroxylation is 1. The van der Waals surface area contributed by atoms with E-state index in [1.807, 2.05) is 53.7 Å². The zero-order chi connectivity index (χ0) is 26.3. The van der Waals surface area contributed by atoms with E-state index in [1.165, 1.54) is 0 Å². The third-order valence-electron chi connectivity index (χ3n) is 5.99. The highest BCUT2D eigenvalue weighted by Crippen LogP contribution is 2.43. The zero-order valence-corrected chi connectivity index (χ0v) is 22.0. The van der Waals surface area contributed by atoms with Crippen molar-refractivity contribution < 1.29 is 24.5 Å². The first-order chi connectivity index (χ1) is 16.5. The van der Waals surface area contributed by atoms with E-state index in [9.17, 15) is 9.90 Å². The molecule has 0 saturated heterocycles. The molecule has 0 bridgehead atoms. The molecule has 0 saturated carbocycles. The number of aliphatic hydroxyl groups excluding tert-OH is 1. The number of nitrogens with two attached hydrogens (primary N) is 1. The first kappa shape index (κ1) is 28.1. The monoisotopic (exact) mass is 481 g/mol. The van der Waals surface area contributed by atoms with Gasteiger partial charge in [-0.2, -0.15) is 0 Å². The highest BCUT2D eigenvalue weighted by molar-refractivity contribution is 5.86. The molecule has 1 heterocycles. The maximum Gasteiger partial charge on any atom is 0.337 e. The Morgan fingerprint density at radius 2 is 1.91 bits per heavy atom. The van der Waals surface area contributed by atoms with Crippen molar-refractivity contribution in [1.29, 1.82) is 0 Å². The summed E-state index contributed by atoms with van der Waals surface area (Å²) in [6, 6.07) is 6.14. The van der Waals surface area contributed by atoms with E-state index >= 15 is 0 Å². The molecule has 4 N–H and O–H groups in total. The summed E-state index contributed by atoms with van der Waals surface area (Å²) in [6.07, 6.45) is 4.10. The number of nitrogen functional groups attached to an aromatic ring is 1. The van der Waals surface area contributed by atoms with Gasteiger partial charge in [0.15, 0.2) is 6.10 Å². The average molecular weight is 482 g/mol. The van der Waals surface area contributed by atoms with Crippen molar-refractivity contribution in [3.63, 3.8) is 0 Å². The molecule has 0 aliphatic carbocycles. The first-order valence-electron chi connectivity index (χ1n) is 12.2. The number of fused-ring (bicyclic) bond motifs is 1. The largest absolute Gasteiger partial charge is 0.493 e. The third-order valence-corrected chi connectivity index (χ3v) is 5.99. The predicted molar refractivity (Wildman–Crippen MR) is 140 cm³/mol. The molecule has 190 valence electrons. The summed E-state index contributed by atoms with van der Waals surface area (Å²) in [6.45, 7) is 14.2. The third kappa shape index (κ3) is 6.70. The van der Waals surface area contributed by atoms with Crippen LogP contribution < -0.4 is 10.5 Å². The van der Waals surface area contributed by atoms with Crippen LogP contribution in [0.1, 0.15) is 81.4 Å². The van der Waals surface area contributed by atoms with Gasteiger partial charge in [-0.25, -0.2) is 4.79 Å². The van der Waals surface area contributed by atoms with Gasteiger partial charge in [0.05, 0.1) is 12.2 Å². The number of anilines is 1. The molecule has 0 fully saturated rings. The lowest BCUT2D eigenvalue weighted by molar-refractivity contribution is -0.160. The Hall–Kier alpha value is -3.17. The smallest absolute Gasteiger partial charge is 0.337 e. The fraction of sp³-hybridized carbons (Fsp3) is 0.483. The van der Waals surface area contributed by atoms with Crippen molar-refractivity contribution in [2.24, 2.45) is 0 Å². The minimum absolute atomic E-state index is 0.622. The molecule has 2 aromatic rings. The molecule has 0 amide bonds. The lowest BCUT2D eigenvalue weighted by Crippen LogP contribution is -2.28. The van der Waals surface area contributed by atoms with Gasteiger partial charge in [-0.05, 0) is 99.4 Å². The molecule has 0 aromatic heterocycles. The summed E-state index contributed by atoms with van der Waals surface area (Å²) >= 11 is 0. The quantitative estimate of drug-likeness (QED) is 0.352. The van der Waals surface area contributed by atoms with Crippen LogP contribution in [0.3, 0.4) is 0 Å². The summed E-state index contributed by atoms with van der Waals surface area (Å²) in [5.74, 6) is 2.31. The summed E-state index contributed by atoms with van der Waals surface area (Å²) in [5, 5.41) is 17.8. The second-order valence-corrected chi connectivity index (χ2v) is 9.65. The normalized spacial score (nSPS) is 13.3. The Kier molecular flexibility index (Phi) is 9.62.